The van der Waals surface area contributed by atoms with Crippen molar-refractivity contribution < 1.29 is 9.90 Å². The topological polar surface area (TPSA) is 49.7 Å². The zero-order valence-electron chi connectivity index (χ0n) is 13.5. The van der Waals surface area contributed by atoms with Crippen LogP contribution in [0.5, 0.6) is 0 Å². The maximum absolute atomic E-state index is 11.3. The highest BCUT2D eigenvalue weighted by atomic mass is 16.4. The van der Waals surface area contributed by atoms with E-state index in [-0.39, 0.29) is 5.92 Å². The quantitative estimate of drug-likeness (QED) is 0.841. The fraction of sp³-hybridized carbons (Fsp3) is 0.300. The van der Waals surface area contributed by atoms with Crippen LogP contribution in [0.2, 0.25) is 0 Å². The largest absolute Gasteiger partial charge is 0.478 e. The van der Waals surface area contributed by atoms with Crippen LogP contribution in [0.25, 0.3) is 0 Å². The van der Waals surface area contributed by atoms with Crippen LogP contribution in [0.1, 0.15) is 54.1 Å². The van der Waals surface area contributed by atoms with Gasteiger partial charge in [0.2, 0.25) is 0 Å². The van der Waals surface area contributed by atoms with Gasteiger partial charge in [-0.1, -0.05) is 50.6 Å². The number of carboxylic acids is 1. The molecule has 2 aromatic rings. The van der Waals surface area contributed by atoms with Crippen LogP contribution >= 0.6 is 0 Å². The van der Waals surface area contributed by atoms with Crippen LogP contribution in [0, 0.1) is 5.92 Å². The minimum Gasteiger partial charge on any atom is -0.478 e. The predicted molar refractivity (Wildman–Crippen MR) is 92.9 cm³/mol. The van der Waals surface area contributed by atoms with E-state index in [9.17, 15) is 9.90 Å². The number of hydrogen-bond donors (Lipinski definition) is 1. The molecule has 0 saturated heterocycles. The average Bonchev–Trinajstić information content (AvgIpc) is 2.91. The number of aromatic carboxylic acids is 1. The van der Waals surface area contributed by atoms with Gasteiger partial charge in [-0.25, -0.2) is 4.79 Å². The molecule has 0 fully saturated rings. The van der Waals surface area contributed by atoms with E-state index in [4.69, 9.17) is 4.99 Å². The smallest absolute Gasteiger partial charge is 0.335 e. The second-order valence-electron chi connectivity index (χ2n) is 6.47. The van der Waals surface area contributed by atoms with Gasteiger partial charge in [0.05, 0.1) is 17.0 Å². The van der Waals surface area contributed by atoms with E-state index in [0.717, 1.165) is 35.4 Å². The van der Waals surface area contributed by atoms with Crippen molar-refractivity contribution in [1.82, 2.24) is 0 Å². The molecule has 1 atom stereocenters. The zero-order chi connectivity index (χ0) is 16.4. The highest BCUT2D eigenvalue weighted by Crippen LogP contribution is 2.41. The van der Waals surface area contributed by atoms with Crippen molar-refractivity contribution in [2.45, 2.75) is 32.6 Å². The molecule has 3 heteroatoms. The molecule has 118 valence electrons. The Morgan fingerprint density at radius 3 is 2.57 bits per heavy atom. The summed E-state index contributed by atoms with van der Waals surface area (Å²) in [4.78, 5) is 16.1. The van der Waals surface area contributed by atoms with Gasteiger partial charge in [0.1, 0.15) is 0 Å². The first-order valence-electron chi connectivity index (χ1n) is 8.07. The van der Waals surface area contributed by atoms with Crippen LogP contribution < -0.4 is 0 Å². The SMILES string of the molecule is CC(C)CCC1C(c2ccccc2)=Nc2ccc(C(=O)O)cc21. The summed E-state index contributed by atoms with van der Waals surface area (Å²) in [6.45, 7) is 4.42. The van der Waals surface area contributed by atoms with Gasteiger partial charge in [-0.05, 0) is 41.7 Å². The first kappa shape index (κ1) is 15.5. The van der Waals surface area contributed by atoms with Crippen molar-refractivity contribution >= 4 is 17.4 Å². The summed E-state index contributed by atoms with van der Waals surface area (Å²) >= 11 is 0. The van der Waals surface area contributed by atoms with Gasteiger partial charge in [-0.15, -0.1) is 0 Å². The molecule has 0 amide bonds. The van der Waals surface area contributed by atoms with Crippen molar-refractivity contribution in [3.8, 4) is 0 Å². The summed E-state index contributed by atoms with van der Waals surface area (Å²) in [5, 5.41) is 9.27. The van der Waals surface area contributed by atoms with Crippen molar-refractivity contribution in [3.05, 3.63) is 65.2 Å². The Bertz CT molecular complexity index is 747. The average molecular weight is 307 g/mol. The molecule has 1 aliphatic rings. The van der Waals surface area contributed by atoms with E-state index >= 15 is 0 Å². The molecule has 3 rings (SSSR count). The molecule has 0 bridgehead atoms. The highest BCUT2D eigenvalue weighted by Gasteiger charge is 2.28. The van der Waals surface area contributed by atoms with E-state index in [1.807, 2.05) is 24.3 Å². The number of hydrogen-bond acceptors (Lipinski definition) is 2. The molecule has 2 aromatic carbocycles. The summed E-state index contributed by atoms with van der Waals surface area (Å²) in [5.74, 6) is -0.101. The Hall–Kier alpha value is -2.42. The molecule has 0 saturated carbocycles. The van der Waals surface area contributed by atoms with Crippen molar-refractivity contribution in [2.75, 3.05) is 0 Å². The predicted octanol–water partition coefficient (Wildman–Crippen LogP) is 5.04. The molecular weight excluding hydrogens is 286 g/mol. The lowest BCUT2D eigenvalue weighted by Crippen LogP contribution is -2.11. The summed E-state index contributed by atoms with van der Waals surface area (Å²) in [5.41, 5.74) is 4.47. The number of carboxylic acid groups (broad SMARTS) is 1. The molecule has 1 N–H and O–H groups in total. The number of rotatable bonds is 5. The molecule has 1 aliphatic heterocycles. The Labute approximate surface area is 136 Å². The van der Waals surface area contributed by atoms with Gasteiger partial charge < -0.3 is 5.11 Å². The third kappa shape index (κ3) is 3.19. The fourth-order valence-electron chi connectivity index (χ4n) is 3.09. The number of aliphatic imine (C=N–C) groups is 1. The molecule has 1 unspecified atom stereocenters. The summed E-state index contributed by atoms with van der Waals surface area (Å²) < 4.78 is 0. The van der Waals surface area contributed by atoms with E-state index < -0.39 is 5.97 Å². The maximum atomic E-state index is 11.3. The van der Waals surface area contributed by atoms with E-state index in [1.54, 1.807) is 12.1 Å². The van der Waals surface area contributed by atoms with Crippen LogP contribution in [-0.4, -0.2) is 16.8 Å². The molecule has 1 heterocycles. The monoisotopic (exact) mass is 307 g/mol. The number of nitrogens with zero attached hydrogens (tertiary/aromatic N) is 1. The van der Waals surface area contributed by atoms with Crippen LogP contribution in [-0.2, 0) is 0 Å². The highest BCUT2D eigenvalue weighted by molar-refractivity contribution is 6.10. The first-order chi connectivity index (χ1) is 11.1. The second-order valence-corrected chi connectivity index (χ2v) is 6.47. The number of fused-ring (bicyclic) bond motifs is 1. The first-order valence-corrected chi connectivity index (χ1v) is 8.07. The van der Waals surface area contributed by atoms with Crippen molar-refractivity contribution in [2.24, 2.45) is 10.9 Å². The Balaban J connectivity index is 2.01. The summed E-state index contributed by atoms with van der Waals surface area (Å²) in [6.07, 6.45) is 2.08. The van der Waals surface area contributed by atoms with E-state index in [2.05, 4.69) is 26.0 Å². The van der Waals surface area contributed by atoms with Crippen molar-refractivity contribution in [1.29, 1.82) is 0 Å². The molecule has 0 radical (unpaired) electrons. The summed E-state index contributed by atoms with van der Waals surface area (Å²) in [7, 11) is 0. The second kappa shape index (κ2) is 6.37. The van der Waals surface area contributed by atoms with Crippen LogP contribution in [0.4, 0.5) is 5.69 Å². The van der Waals surface area contributed by atoms with Gasteiger partial charge in [-0.2, -0.15) is 0 Å². The van der Waals surface area contributed by atoms with Gasteiger partial charge >= 0.3 is 5.97 Å². The fourth-order valence-corrected chi connectivity index (χ4v) is 3.09. The minimum atomic E-state index is -0.886. The van der Waals surface area contributed by atoms with E-state index in [0.29, 0.717) is 11.5 Å². The number of carbonyl (C=O) groups is 1. The molecule has 3 nitrogen and oxygen atoms in total. The zero-order valence-corrected chi connectivity index (χ0v) is 13.5. The molecular formula is C20H21NO2. The summed E-state index contributed by atoms with van der Waals surface area (Å²) in [6, 6.07) is 15.4. The van der Waals surface area contributed by atoms with Crippen LogP contribution in [0.3, 0.4) is 0 Å². The third-order valence-corrected chi connectivity index (χ3v) is 4.32. The molecule has 0 spiro atoms. The van der Waals surface area contributed by atoms with Gasteiger partial charge in [-0.3, -0.25) is 4.99 Å². The molecule has 23 heavy (non-hydrogen) atoms. The minimum absolute atomic E-state index is 0.175. The lowest BCUT2D eigenvalue weighted by atomic mass is 9.85. The van der Waals surface area contributed by atoms with Crippen molar-refractivity contribution in [3.63, 3.8) is 0 Å². The third-order valence-electron chi connectivity index (χ3n) is 4.32. The molecule has 0 aliphatic carbocycles. The van der Waals surface area contributed by atoms with Gasteiger partial charge in [0, 0.05) is 5.92 Å². The standard InChI is InChI=1S/C20H21NO2/c1-13(2)8-10-16-17-12-15(20(22)23)9-11-18(17)21-19(16)14-6-4-3-5-7-14/h3-7,9,11-13,16H,8,10H2,1-2H3,(H,22,23). The Kier molecular flexibility index (Phi) is 4.28. The van der Waals surface area contributed by atoms with E-state index in [1.165, 1.54) is 0 Å². The lowest BCUT2D eigenvalue weighted by Gasteiger charge is -2.16. The molecule has 0 aromatic heterocycles. The lowest BCUT2D eigenvalue weighted by molar-refractivity contribution is 0.0697. The van der Waals surface area contributed by atoms with Gasteiger partial charge in [0.15, 0.2) is 0 Å². The van der Waals surface area contributed by atoms with Gasteiger partial charge in [0.25, 0.3) is 0 Å². The van der Waals surface area contributed by atoms with Crippen LogP contribution in [0.15, 0.2) is 53.5 Å². The Morgan fingerprint density at radius 1 is 1.17 bits per heavy atom. The number of benzene rings is 2. The Morgan fingerprint density at radius 2 is 1.91 bits per heavy atom. The maximum Gasteiger partial charge on any atom is 0.335 e. The normalized spacial score (nSPS) is 16.3.